The molecule has 4 rings (SSSR count). The highest BCUT2D eigenvalue weighted by Gasteiger charge is 2.27. The van der Waals surface area contributed by atoms with E-state index in [-0.39, 0.29) is 17.3 Å². The lowest BCUT2D eigenvalue weighted by atomic mass is 10.2. The molecule has 0 radical (unpaired) electrons. The third-order valence-electron chi connectivity index (χ3n) is 4.88. The molecule has 1 aliphatic heterocycles. The zero-order chi connectivity index (χ0) is 21.1. The summed E-state index contributed by atoms with van der Waals surface area (Å²) in [6, 6.07) is 8.68. The lowest BCUT2D eigenvalue weighted by Crippen LogP contribution is -2.36. The van der Waals surface area contributed by atoms with Crippen molar-refractivity contribution in [1.82, 2.24) is 24.5 Å². The SMILES string of the molecule is Cc1ccc(NC(=O)Cn2nnc(-c3cccs3)n2)cc1S(=O)(=O)N1CCCCC1. The molecule has 0 bridgehead atoms. The van der Waals surface area contributed by atoms with Gasteiger partial charge in [0.25, 0.3) is 0 Å². The summed E-state index contributed by atoms with van der Waals surface area (Å²) in [6.45, 7) is 2.69. The van der Waals surface area contributed by atoms with Crippen LogP contribution in [-0.2, 0) is 21.4 Å². The summed E-state index contributed by atoms with van der Waals surface area (Å²) < 4.78 is 27.6. The molecule has 1 N–H and O–H groups in total. The van der Waals surface area contributed by atoms with Crippen LogP contribution >= 0.6 is 11.3 Å². The van der Waals surface area contributed by atoms with Crippen LogP contribution in [-0.4, -0.2) is 51.9 Å². The molecule has 1 saturated heterocycles. The van der Waals surface area contributed by atoms with Crippen molar-refractivity contribution in [3.05, 3.63) is 41.3 Å². The summed E-state index contributed by atoms with van der Waals surface area (Å²) in [5, 5.41) is 16.7. The van der Waals surface area contributed by atoms with E-state index in [1.165, 1.54) is 26.5 Å². The van der Waals surface area contributed by atoms with Gasteiger partial charge in [-0.2, -0.15) is 9.10 Å². The van der Waals surface area contributed by atoms with Crippen LogP contribution in [0.5, 0.6) is 0 Å². The largest absolute Gasteiger partial charge is 0.324 e. The normalized spacial score (nSPS) is 15.2. The van der Waals surface area contributed by atoms with Crippen molar-refractivity contribution in [2.75, 3.05) is 18.4 Å². The van der Waals surface area contributed by atoms with Crippen molar-refractivity contribution in [2.24, 2.45) is 0 Å². The highest BCUT2D eigenvalue weighted by molar-refractivity contribution is 7.89. The number of thiophene rings is 1. The molecule has 158 valence electrons. The van der Waals surface area contributed by atoms with Crippen molar-refractivity contribution in [2.45, 2.75) is 37.6 Å². The Bertz CT molecular complexity index is 1130. The van der Waals surface area contributed by atoms with Crippen LogP contribution in [0, 0.1) is 6.92 Å². The average molecular weight is 447 g/mol. The number of carbonyl (C=O) groups is 1. The first-order valence-corrected chi connectivity index (χ1v) is 12.0. The Hall–Kier alpha value is -2.63. The van der Waals surface area contributed by atoms with Crippen LogP contribution in [0.2, 0.25) is 0 Å². The number of anilines is 1. The molecule has 0 aliphatic carbocycles. The average Bonchev–Trinajstić information content (AvgIpc) is 3.42. The Morgan fingerprint density at radius 2 is 2.00 bits per heavy atom. The van der Waals surface area contributed by atoms with E-state index in [2.05, 4.69) is 20.7 Å². The summed E-state index contributed by atoms with van der Waals surface area (Å²) in [6.07, 6.45) is 2.78. The van der Waals surface area contributed by atoms with Gasteiger partial charge in [-0.05, 0) is 54.1 Å². The Kier molecular flexibility index (Phi) is 5.93. The van der Waals surface area contributed by atoms with Crippen LogP contribution in [0.15, 0.2) is 40.6 Å². The van der Waals surface area contributed by atoms with Crippen LogP contribution in [0.1, 0.15) is 24.8 Å². The molecule has 0 atom stereocenters. The van der Waals surface area contributed by atoms with Crippen molar-refractivity contribution < 1.29 is 13.2 Å². The quantitative estimate of drug-likeness (QED) is 0.623. The highest BCUT2D eigenvalue weighted by Crippen LogP contribution is 2.26. The second-order valence-corrected chi connectivity index (χ2v) is 9.97. The van der Waals surface area contributed by atoms with Gasteiger partial charge in [-0.1, -0.05) is 18.6 Å². The summed E-state index contributed by atoms with van der Waals surface area (Å²) >= 11 is 1.49. The number of carbonyl (C=O) groups excluding carboxylic acids is 1. The Morgan fingerprint density at radius 1 is 1.20 bits per heavy atom. The molecule has 3 heterocycles. The molecule has 3 aromatic rings. The number of sulfonamides is 1. The molecular weight excluding hydrogens is 424 g/mol. The number of aryl methyl sites for hydroxylation is 1. The molecule has 1 aromatic carbocycles. The maximum Gasteiger partial charge on any atom is 0.248 e. The summed E-state index contributed by atoms with van der Waals surface area (Å²) in [4.78, 5) is 14.7. The fourth-order valence-corrected chi connectivity index (χ4v) is 5.76. The van der Waals surface area contributed by atoms with E-state index in [1.54, 1.807) is 19.1 Å². The minimum absolute atomic E-state index is 0.125. The molecule has 1 aliphatic rings. The minimum atomic E-state index is -3.59. The molecule has 30 heavy (non-hydrogen) atoms. The lowest BCUT2D eigenvalue weighted by molar-refractivity contribution is -0.117. The van der Waals surface area contributed by atoms with Gasteiger partial charge in [0, 0.05) is 18.8 Å². The number of nitrogens with zero attached hydrogens (tertiary/aromatic N) is 5. The number of hydrogen-bond acceptors (Lipinski definition) is 7. The van der Waals surface area contributed by atoms with Crippen molar-refractivity contribution in [3.63, 3.8) is 0 Å². The van der Waals surface area contributed by atoms with Crippen LogP contribution in [0.4, 0.5) is 5.69 Å². The number of aromatic nitrogens is 4. The lowest BCUT2D eigenvalue weighted by Gasteiger charge is -2.26. The maximum atomic E-state index is 13.0. The first-order chi connectivity index (χ1) is 14.4. The van der Waals surface area contributed by atoms with E-state index in [0.29, 0.717) is 30.2 Å². The van der Waals surface area contributed by atoms with Gasteiger partial charge < -0.3 is 5.32 Å². The zero-order valence-electron chi connectivity index (χ0n) is 16.5. The number of piperidine rings is 1. The molecule has 9 nitrogen and oxygen atoms in total. The Labute approximate surface area is 178 Å². The first kappa shape index (κ1) is 20.6. The Balaban J connectivity index is 1.47. The van der Waals surface area contributed by atoms with Gasteiger partial charge >= 0.3 is 0 Å². The van der Waals surface area contributed by atoms with E-state index in [1.807, 2.05) is 17.5 Å². The fraction of sp³-hybridized carbons (Fsp3) is 0.368. The molecule has 1 fully saturated rings. The number of hydrogen-bond donors (Lipinski definition) is 1. The van der Waals surface area contributed by atoms with E-state index in [9.17, 15) is 13.2 Å². The molecule has 0 saturated carbocycles. The van der Waals surface area contributed by atoms with Gasteiger partial charge in [-0.15, -0.1) is 21.5 Å². The van der Waals surface area contributed by atoms with Crippen LogP contribution in [0.25, 0.3) is 10.7 Å². The highest BCUT2D eigenvalue weighted by atomic mass is 32.2. The summed E-state index contributed by atoms with van der Waals surface area (Å²) in [5.74, 6) is 0.0957. The van der Waals surface area contributed by atoms with E-state index < -0.39 is 10.0 Å². The molecule has 2 aromatic heterocycles. The molecule has 0 spiro atoms. The predicted octanol–water partition coefficient (Wildman–Crippen LogP) is 2.52. The standard InChI is InChI=1S/C19H22N6O3S2/c1-14-7-8-15(12-17(14)30(27,28)24-9-3-2-4-10-24)20-18(26)13-25-22-19(21-23-25)16-6-5-11-29-16/h5-8,11-12H,2-4,9-10,13H2,1H3,(H,20,26). The van der Waals surface area contributed by atoms with Gasteiger partial charge in [0.05, 0.1) is 9.77 Å². The maximum absolute atomic E-state index is 13.0. The van der Waals surface area contributed by atoms with Crippen LogP contribution < -0.4 is 5.32 Å². The summed E-state index contributed by atoms with van der Waals surface area (Å²) in [5.41, 5.74) is 1.07. The predicted molar refractivity (Wildman–Crippen MR) is 114 cm³/mol. The van der Waals surface area contributed by atoms with Gasteiger partial charge in [-0.25, -0.2) is 8.42 Å². The molecule has 0 unspecified atom stereocenters. The first-order valence-electron chi connectivity index (χ1n) is 9.66. The van der Waals surface area contributed by atoms with Gasteiger partial charge in [0.2, 0.25) is 21.8 Å². The number of amides is 1. The monoisotopic (exact) mass is 446 g/mol. The number of tetrazole rings is 1. The minimum Gasteiger partial charge on any atom is -0.324 e. The van der Waals surface area contributed by atoms with Gasteiger partial charge in [0.15, 0.2) is 0 Å². The van der Waals surface area contributed by atoms with E-state index in [0.717, 1.165) is 24.1 Å². The van der Waals surface area contributed by atoms with E-state index in [4.69, 9.17) is 0 Å². The second-order valence-electron chi connectivity index (χ2n) is 7.11. The number of nitrogens with one attached hydrogen (secondary N) is 1. The molecular formula is C19H22N6O3S2. The topological polar surface area (TPSA) is 110 Å². The second kappa shape index (κ2) is 8.62. The van der Waals surface area contributed by atoms with Crippen molar-refractivity contribution in [1.29, 1.82) is 0 Å². The fourth-order valence-electron chi connectivity index (χ4n) is 3.34. The molecule has 1 amide bonds. The van der Waals surface area contributed by atoms with Gasteiger partial charge in [-0.3, -0.25) is 4.79 Å². The number of rotatable bonds is 6. The smallest absolute Gasteiger partial charge is 0.248 e. The van der Waals surface area contributed by atoms with Gasteiger partial charge in [0.1, 0.15) is 6.54 Å². The van der Waals surface area contributed by atoms with Crippen LogP contribution in [0.3, 0.4) is 0 Å². The molecule has 11 heteroatoms. The summed E-state index contributed by atoms with van der Waals surface area (Å²) in [7, 11) is -3.59. The Morgan fingerprint density at radius 3 is 2.73 bits per heavy atom. The van der Waals surface area contributed by atoms with E-state index >= 15 is 0 Å². The zero-order valence-corrected chi connectivity index (χ0v) is 18.1. The van der Waals surface area contributed by atoms with Crippen molar-refractivity contribution >= 4 is 33.0 Å². The third-order valence-corrected chi connectivity index (χ3v) is 7.79. The number of benzene rings is 1. The third kappa shape index (κ3) is 4.42. The van der Waals surface area contributed by atoms with Crippen molar-refractivity contribution in [3.8, 4) is 10.7 Å².